The van der Waals surface area contributed by atoms with Crippen LogP contribution in [-0.2, 0) is 11.3 Å². The predicted molar refractivity (Wildman–Crippen MR) is 127 cm³/mol. The summed E-state index contributed by atoms with van der Waals surface area (Å²) in [5.41, 5.74) is 0.442. The molecule has 0 radical (unpaired) electrons. The number of aromatic nitrogens is 2. The molecule has 194 valence electrons. The lowest BCUT2D eigenvalue weighted by molar-refractivity contribution is -0.274. The molecule has 2 atom stereocenters. The highest BCUT2D eigenvalue weighted by atomic mass is 19.4. The Kier molecular flexibility index (Phi) is 7.18. The van der Waals surface area contributed by atoms with Gasteiger partial charge in [-0.15, -0.1) is 13.2 Å². The Balaban J connectivity index is 1.64. The second kappa shape index (κ2) is 10.3. The third-order valence-electron chi connectivity index (χ3n) is 5.98. The van der Waals surface area contributed by atoms with E-state index in [2.05, 4.69) is 15.2 Å². The van der Waals surface area contributed by atoms with Crippen LogP contribution in [0.25, 0.3) is 0 Å². The fourth-order valence-electron chi connectivity index (χ4n) is 4.16. The minimum atomic E-state index is -4.86. The summed E-state index contributed by atoms with van der Waals surface area (Å²) in [7, 11) is 1.52. The zero-order chi connectivity index (χ0) is 26.7. The third-order valence-corrected chi connectivity index (χ3v) is 5.98. The number of nitrogens with one attached hydrogen (secondary N) is 1. The Bertz CT molecular complexity index is 1340. The molecular formula is C25H23F3N4O5. The molecule has 2 heterocycles. The monoisotopic (exact) mass is 516 g/mol. The number of carbonyl (C=O) groups excluding carboxylic acids is 2. The van der Waals surface area contributed by atoms with Crippen molar-refractivity contribution in [1.29, 1.82) is 0 Å². The van der Waals surface area contributed by atoms with Gasteiger partial charge in [0, 0.05) is 30.8 Å². The summed E-state index contributed by atoms with van der Waals surface area (Å²) in [5, 5.41) is 6.68. The Hall–Kier alpha value is -4.35. The molecule has 37 heavy (non-hydrogen) atoms. The Morgan fingerprint density at radius 2 is 1.70 bits per heavy atom. The average molecular weight is 516 g/mol. The van der Waals surface area contributed by atoms with Crippen LogP contribution in [0, 0.1) is 0 Å². The number of hydrogen-bond donors (Lipinski definition) is 1. The molecule has 1 saturated heterocycles. The van der Waals surface area contributed by atoms with Crippen LogP contribution in [0.2, 0.25) is 0 Å². The molecule has 0 bridgehead atoms. The number of methoxy groups -OCH3 is 1. The number of halogens is 3. The number of amides is 2. The highest BCUT2D eigenvalue weighted by molar-refractivity contribution is 6.04. The zero-order valence-electron chi connectivity index (χ0n) is 19.9. The van der Waals surface area contributed by atoms with Gasteiger partial charge in [-0.05, 0) is 55.0 Å². The van der Waals surface area contributed by atoms with Crippen molar-refractivity contribution in [2.45, 2.75) is 31.8 Å². The van der Waals surface area contributed by atoms with Crippen molar-refractivity contribution in [3.63, 3.8) is 0 Å². The van der Waals surface area contributed by atoms with Gasteiger partial charge in [-0.3, -0.25) is 14.4 Å². The minimum Gasteiger partial charge on any atom is -0.497 e. The number of ether oxygens (including phenoxy) is 2. The number of hydrogen-bond acceptors (Lipinski definition) is 6. The van der Waals surface area contributed by atoms with Gasteiger partial charge in [-0.1, -0.05) is 12.1 Å². The molecule has 2 aromatic carbocycles. The number of benzene rings is 2. The summed E-state index contributed by atoms with van der Waals surface area (Å²) in [5.74, 6) is -1.58. The van der Waals surface area contributed by atoms with E-state index < -0.39 is 41.4 Å². The van der Waals surface area contributed by atoms with E-state index in [0.29, 0.717) is 12.3 Å². The second-order valence-electron chi connectivity index (χ2n) is 8.19. The highest BCUT2D eigenvalue weighted by Crippen LogP contribution is 2.32. The fourth-order valence-corrected chi connectivity index (χ4v) is 4.16. The maximum Gasteiger partial charge on any atom is 0.573 e. The summed E-state index contributed by atoms with van der Waals surface area (Å²) in [6.07, 6.45) is -3.44. The van der Waals surface area contributed by atoms with Gasteiger partial charge in [-0.2, -0.15) is 5.10 Å². The van der Waals surface area contributed by atoms with Crippen LogP contribution in [0.1, 0.15) is 28.8 Å². The first-order chi connectivity index (χ1) is 17.6. The van der Waals surface area contributed by atoms with Gasteiger partial charge in [0.1, 0.15) is 23.2 Å². The zero-order valence-corrected chi connectivity index (χ0v) is 19.9. The van der Waals surface area contributed by atoms with Crippen LogP contribution < -0.4 is 25.2 Å². The molecule has 4 rings (SSSR count). The molecule has 0 spiro atoms. The first-order valence-electron chi connectivity index (χ1n) is 11.3. The van der Waals surface area contributed by atoms with Crippen molar-refractivity contribution in [1.82, 2.24) is 15.1 Å². The molecule has 1 aromatic heterocycles. The number of aryl methyl sites for hydroxylation is 1. The molecule has 3 aromatic rings. The maximum atomic E-state index is 13.5. The van der Waals surface area contributed by atoms with Crippen molar-refractivity contribution in [3.05, 3.63) is 82.3 Å². The van der Waals surface area contributed by atoms with Gasteiger partial charge in [0.25, 0.3) is 11.5 Å². The molecule has 1 fully saturated rings. The quantitative estimate of drug-likeness (QED) is 0.518. The van der Waals surface area contributed by atoms with Crippen LogP contribution in [0.5, 0.6) is 11.5 Å². The van der Waals surface area contributed by atoms with Crippen LogP contribution in [0.4, 0.5) is 18.9 Å². The molecular weight excluding hydrogens is 493 g/mol. The summed E-state index contributed by atoms with van der Waals surface area (Å²) in [6.45, 7) is 2.17. The van der Waals surface area contributed by atoms with Crippen LogP contribution in [-0.4, -0.2) is 47.7 Å². The molecule has 9 nitrogen and oxygen atoms in total. The summed E-state index contributed by atoms with van der Waals surface area (Å²) in [4.78, 5) is 40.7. The standard InChI is InChI=1S/C25H23F3N4O5/c1-3-32-23(34)20(12-13-29-32)31-14-19(15-4-8-17(36-2)9-5-15)21(24(31)35)30-22(33)16-6-10-18(11-7-16)37-25(26,27)28/h4-13,19,21H,3,14H2,1-2H3,(H,30,33)/t19-,21-/m0/s1. The smallest absolute Gasteiger partial charge is 0.497 e. The van der Waals surface area contributed by atoms with Crippen LogP contribution in [0.15, 0.2) is 65.6 Å². The van der Waals surface area contributed by atoms with Gasteiger partial charge in [0.2, 0.25) is 5.91 Å². The van der Waals surface area contributed by atoms with Crippen molar-refractivity contribution in [2.24, 2.45) is 0 Å². The van der Waals surface area contributed by atoms with Gasteiger partial charge >= 0.3 is 6.36 Å². The SMILES string of the molecule is CCn1nccc(N2C[C@@H](c3ccc(OC)cc3)[C@H](NC(=O)c3ccc(OC(F)(F)F)cc3)C2=O)c1=O. The van der Waals surface area contributed by atoms with E-state index in [0.717, 1.165) is 17.7 Å². The first-order valence-corrected chi connectivity index (χ1v) is 11.3. The normalized spacial score (nSPS) is 17.5. The van der Waals surface area contributed by atoms with Gasteiger partial charge in [0.15, 0.2) is 0 Å². The van der Waals surface area contributed by atoms with Crippen molar-refractivity contribution in [2.75, 3.05) is 18.6 Å². The van der Waals surface area contributed by atoms with Crippen molar-refractivity contribution >= 4 is 17.5 Å². The highest BCUT2D eigenvalue weighted by Gasteiger charge is 2.43. The fraction of sp³-hybridized carbons (Fsp3) is 0.280. The predicted octanol–water partition coefficient (Wildman–Crippen LogP) is 3.10. The average Bonchev–Trinajstić information content (AvgIpc) is 3.19. The minimum absolute atomic E-state index is 0.0338. The number of nitrogens with zero attached hydrogens (tertiary/aromatic N) is 3. The second-order valence-corrected chi connectivity index (χ2v) is 8.19. The third kappa shape index (κ3) is 5.57. The topological polar surface area (TPSA) is 103 Å². The molecule has 1 N–H and O–H groups in total. The first kappa shape index (κ1) is 25.7. The van der Waals surface area contributed by atoms with E-state index in [9.17, 15) is 27.6 Å². The number of carbonyl (C=O) groups is 2. The van der Waals surface area contributed by atoms with Gasteiger partial charge < -0.3 is 19.7 Å². The molecule has 0 unspecified atom stereocenters. The summed E-state index contributed by atoms with van der Waals surface area (Å²) in [6, 6.07) is 11.7. The van der Waals surface area contributed by atoms with E-state index in [1.807, 2.05) is 0 Å². The number of rotatable bonds is 7. The van der Waals surface area contributed by atoms with E-state index in [1.165, 1.54) is 41.1 Å². The molecule has 1 aliphatic rings. The largest absolute Gasteiger partial charge is 0.573 e. The summed E-state index contributed by atoms with van der Waals surface area (Å²) >= 11 is 0. The van der Waals surface area contributed by atoms with E-state index in [-0.39, 0.29) is 17.8 Å². The number of alkyl halides is 3. The van der Waals surface area contributed by atoms with Crippen LogP contribution >= 0.6 is 0 Å². The van der Waals surface area contributed by atoms with E-state index in [4.69, 9.17) is 4.74 Å². The molecule has 1 aliphatic heterocycles. The Morgan fingerprint density at radius 1 is 1.05 bits per heavy atom. The lowest BCUT2D eigenvalue weighted by Gasteiger charge is -2.19. The molecule has 0 saturated carbocycles. The number of anilines is 1. The lowest BCUT2D eigenvalue weighted by Crippen LogP contribution is -2.44. The molecule has 2 amide bonds. The van der Waals surface area contributed by atoms with E-state index >= 15 is 0 Å². The van der Waals surface area contributed by atoms with Crippen molar-refractivity contribution < 1.29 is 32.2 Å². The van der Waals surface area contributed by atoms with Crippen LogP contribution in [0.3, 0.4) is 0 Å². The van der Waals surface area contributed by atoms with Gasteiger partial charge in [0.05, 0.1) is 7.11 Å². The Morgan fingerprint density at radius 3 is 2.30 bits per heavy atom. The maximum absolute atomic E-state index is 13.5. The Labute approximate surface area is 209 Å². The molecule has 12 heteroatoms. The van der Waals surface area contributed by atoms with E-state index in [1.54, 1.807) is 31.2 Å². The molecule has 0 aliphatic carbocycles. The summed E-state index contributed by atoms with van der Waals surface area (Å²) < 4.78 is 47.6. The lowest BCUT2D eigenvalue weighted by atomic mass is 9.93. The van der Waals surface area contributed by atoms with Crippen molar-refractivity contribution in [3.8, 4) is 11.5 Å². The van der Waals surface area contributed by atoms with Gasteiger partial charge in [-0.25, -0.2) is 4.68 Å².